The summed E-state index contributed by atoms with van der Waals surface area (Å²) >= 11 is 0. The second-order valence-corrected chi connectivity index (χ2v) is 5.87. The first-order chi connectivity index (χ1) is 8.87. The Morgan fingerprint density at radius 3 is 2.58 bits per heavy atom. The van der Waals surface area contributed by atoms with Crippen LogP contribution in [0.4, 0.5) is 0 Å². The summed E-state index contributed by atoms with van der Waals surface area (Å²) in [5.74, 6) is 0.972. The van der Waals surface area contributed by atoms with E-state index in [9.17, 15) is 8.42 Å². The molecule has 19 heavy (non-hydrogen) atoms. The van der Waals surface area contributed by atoms with Gasteiger partial charge in [-0.15, -0.1) is 4.28 Å². The molecule has 0 spiro atoms. The first kappa shape index (κ1) is 14.3. The lowest BCUT2D eigenvalue weighted by Gasteiger charge is -2.30. The molecule has 1 atom stereocenters. The zero-order chi connectivity index (χ0) is 14.0. The number of allylic oxidation sites excluding steroid dienone is 1. The van der Waals surface area contributed by atoms with Gasteiger partial charge in [-0.05, 0) is 33.1 Å². The standard InChI is InChI=1S/C11H19N3O4S/c1-9-8-11(13-6-4-3-5-7-13)12-10(2)14(9)18-19(15,16)17/h8,10H,3-7H2,1-2H3,(H,15,16,17)/p+1. The molecule has 8 heteroatoms. The molecule has 0 aromatic rings. The second kappa shape index (κ2) is 5.48. The van der Waals surface area contributed by atoms with Gasteiger partial charge in [0.05, 0.1) is 18.8 Å². The van der Waals surface area contributed by atoms with Crippen molar-refractivity contribution in [2.45, 2.75) is 39.3 Å². The Balaban J connectivity index is 2.22. The molecule has 1 saturated heterocycles. The average molecular weight is 290 g/mol. The fourth-order valence-electron chi connectivity index (χ4n) is 2.42. The quantitative estimate of drug-likeness (QED) is 0.568. The molecule has 2 rings (SSSR count). The summed E-state index contributed by atoms with van der Waals surface area (Å²) in [5.41, 5.74) is 0.629. The molecule has 108 valence electrons. The van der Waals surface area contributed by atoms with Crippen molar-refractivity contribution >= 4 is 16.2 Å². The highest BCUT2D eigenvalue weighted by Crippen LogP contribution is 2.16. The van der Waals surface area contributed by atoms with Crippen molar-refractivity contribution in [1.82, 2.24) is 10.4 Å². The van der Waals surface area contributed by atoms with E-state index in [1.807, 2.05) is 6.08 Å². The molecule has 2 heterocycles. The first-order valence-electron chi connectivity index (χ1n) is 6.40. The van der Waals surface area contributed by atoms with Gasteiger partial charge in [0.1, 0.15) is 0 Å². The average Bonchev–Trinajstić information content (AvgIpc) is 2.33. The molecule has 0 aromatic carbocycles. The minimum absolute atomic E-state index is 0.371. The summed E-state index contributed by atoms with van der Waals surface area (Å²) in [5, 5.41) is 4.32. The minimum Gasteiger partial charge on any atom is -0.262 e. The Bertz CT molecular complexity index is 504. The van der Waals surface area contributed by atoms with E-state index in [1.54, 1.807) is 13.8 Å². The molecule has 7 nitrogen and oxygen atoms in total. The molecule has 0 saturated carbocycles. The summed E-state index contributed by atoms with van der Waals surface area (Å²) in [6.07, 6.45) is 5.04. The van der Waals surface area contributed by atoms with E-state index in [2.05, 4.69) is 14.2 Å². The third kappa shape index (κ3) is 3.68. The van der Waals surface area contributed by atoms with Gasteiger partial charge >= 0.3 is 10.4 Å². The smallest absolute Gasteiger partial charge is 0.262 e. The van der Waals surface area contributed by atoms with Crippen molar-refractivity contribution < 1.29 is 21.8 Å². The van der Waals surface area contributed by atoms with Crippen LogP contribution in [0.25, 0.3) is 0 Å². The highest BCUT2D eigenvalue weighted by atomic mass is 32.3. The first-order valence-corrected chi connectivity index (χ1v) is 7.76. The van der Waals surface area contributed by atoms with Crippen LogP contribution in [0.5, 0.6) is 0 Å². The van der Waals surface area contributed by atoms with Crippen LogP contribution >= 0.6 is 0 Å². The topological polar surface area (TPSA) is 81.9 Å². The minimum atomic E-state index is -4.51. The zero-order valence-electron chi connectivity index (χ0n) is 11.2. The molecule has 0 aliphatic carbocycles. The van der Waals surface area contributed by atoms with Gasteiger partial charge in [-0.25, -0.2) is 0 Å². The van der Waals surface area contributed by atoms with Gasteiger partial charge in [0.2, 0.25) is 0 Å². The van der Waals surface area contributed by atoms with Gasteiger partial charge in [-0.2, -0.15) is 13.5 Å². The van der Waals surface area contributed by atoms with E-state index in [4.69, 9.17) is 4.55 Å². The molecule has 0 bridgehead atoms. The zero-order valence-corrected chi connectivity index (χ0v) is 12.0. The third-order valence-electron chi connectivity index (χ3n) is 3.27. The van der Waals surface area contributed by atoms with Gasteiger partial charge in [0.25, 0.3) is 5.84 Å². The molecule has 1 unspecified atom stereocenters. The van der Waals surface area contributed by atoms with Gasteiger partial charge < -0.3 is 0 Å². The Kier molecular flexibility index (Phi) is 4.12. The molecule has 1 fully saturated rings. The molecular formula is C11H20N3O4S+. The fraction of sp³-hybridized carbons (Fsp3) is 0.727. The number of hydrogen-bond donors (Lipinski definition) is 2. The van der Waals surface area contributed by atoms with Crippen LogP contribution in [-0.2, 0) is 14.7 Å². The van der Waals surface area contributed by atoms with E-state index < -0.39 is 10.4 Å². The maximum Gasteiger partial charge on any atom is 0.418 e. The summed E-state index contributed by atoms with van der Waals surface area (Å²) in [6.45, 7) is 5.51. The number of amidine groups is 1. The van der Waals surface area contributed by atoms with Gasteiger partial charge in [0, 0.05) is 6.08 Å². The maximum atomic E-state index is 10.8. The van der Waals surface area contributed by atoms with E-state index in [0.29, 0.717) is 5.70 Å². The number of nitrogens with zero attached hydrogens (tertiary/aromatic N) is 2. The highest BCUT2D eigenvalue weighted by Gasteiger charge is 2.31. The van der Waals surface area contributed by atoms with E-state index in [0.717, 1.165) is 36.8 Å². The Labute approximate surface area is 113 Å². The maximum absolute atomic E-state index is 10.8. The number of rotatable bonds is 2. The summed E-state index contributed by atoms with van der Waals surface area (Å²) in [7, 11) is -4.51. The summed E-state index contributed by atoms with van der Waals surface area (Å²) in [6, 6.07) is 0. The van der Waals surface area contributed by atoms with Crippen molar-refractivity contribution in [3.8, 4) is 0 Å². The lowest BCUT2D eigenvalue weighted by Crippen LogP contribution is -2.52. The van der Waals surface area contributed by atoms with E-state index in [1.165, 1.54) is 6.42 Å². The van der Waals surface area contributed by atoms with Crippen molar-refractivity contribution in [3.05, 3.63) is 11.8 Å². The molecule has 2 N–H and O–H groups in total. The SMILES string of the molecule is CC1=CC(=[N+]2CCCCC2)NC(C)N1OS(=O)(=O)O. The van der Waals surface area contributed by atoms with E-state index in [-0.39, 0.29) is 6.17 Å². The Morgan fingerprint density at radius 1 is 1.42 bits per heavy atom. The lowest BCUT2D eigenvalue weighted by atomic mass is 10.1. The number of hydroxylamine groups is 2. The van der Waals surface area contributed by atoms with Crippen molar-refractivity contribution in [3.63, 3.8) is 0 Å². The van der Waals surface area contributed by atoms with Crippen molar-refractivity contribution in [1.29, 1.82) is 0 Å². The fourth-order valence-corrected chi connectivity index (χ4v) is 2.87. The highest BCUT2D eigenvalue weighted by molar-refractivity contribution is 7.80. The van der Waals surface area contributed by atoms with Crippen LogP contribution in [0.15, 0.2) is 11.8 Å². The van der Waals surface area contributed by atoms with Crippen LogP contribution in [0.2, 0.25) is 0 Å². The van der Waals surface area contributed by atoms with Crippen molar-refractivity contribution in [2.24, 2.45) is 0 Å². The van der Waals surface area contributed by atoms with E-state index >= 15 is 0 Å². The molecule has 0 radical (unpaired) electrons. The summed E-state index contributed by atoms with van der Waals surface area (Å²) in [4.78, 5) is 0. The Morgan fingerprint density at radius 2 is 2.05 bits per heavy atom. The van der Waals surface area contributed by atoms with Crippen LogP contribution < -0.4 is 5.32 Å². The molecule has 0 amide bonds. The van der Waals surface area contributed by atoms with Gasteiger partial charge in [-0.3, -0.25) is 14.4 Å². The summed E-state index contributed by atoms with van der Waals surface area (Å²) < 4.78 is 37.1. The predicted octanol–water partition coefficient (Wildman–Crippen LogP) is 0.471. The lowest BCUT2D eigenvalue weighted by molar-refractivity contribution is -0.539. The second-order valence-electron chi connectivity index (χ2n) is 4.87. The monoisotopic (exact) mass is 290 g/mol. The number of piperidine rings is 1. The van der Waals surface area contributed by atoms with Crippen LogP contribution in [0.3, 0.4) is 0 Å². The van der Waals surface area contributed by atoms with Crippen LogP contribution in [-0.4, -0.2) is 47.7 Å². The number of hydrogen-bond acceptors (Lipinski definition) is 4. The van der Waals surface area contributed by atoms with Crippen LogP contribution in [0.1, 0.15) is 33.1 Å². The predicted molar refractivity (Wildman–Crippen MR) is 69.7 cm³/mol. The molecule has 0 aromatic heterocycles. The third-order valence-corrected chi connectivity index (χ3v) is 3.62. The Hall–Kier alpha value is -1.12. The molecular weight excluding hydrogens is 270 g/mol. The van der Waals surface area contributed by atoms with Gasteiger partial charge in [-0.1, -0.05) is 0 Å². The van der Waals surface area contributed by atoms with Gasteiger partial charge in [0.15, 0.2) is 6.17 Å². The molecule has 2 aliphatic rings. The van der Waals surface area contributed by atoms with Crippen LogP contribution in [0, 0.1) is 0 Å². The van der Waals surface area contributed by atoms with Crippen molar-refractivity contribution in [2.75, 3.05) is 13.1 Å². The number of nitrogens with one attached hydrogen (secondary N) is 1. The largest absolute Gasteiger partial charge is 0.418 e. The normalized spacial score (nSPS) is 25.1. The molecule has 2 aliphatic heterocycles.